The van der Waals surface area contributed by atoms with Crippen molar-refractivity contribution in [3.8, 4) is 0 Å². The quantitative estimate of drug-likeness (QED) is 0.925. The fourth-order valence-electron chi connectivity index (χ4n) is 2.32. The van der Waals surface area contributed by atoms with Crippen LogP contribution in [0.4, 0.5) is 11.4 Å². The number of hydrogen-bond acceptors (Lipinski definition) is 3. The molecule has 4 nitrogen and oxygen atoms in total. The maximum Gasteiger partial charge on any atom is 0.227 e. The van der Waals surface area contributed by atoms with E-state index in [0.717, 1.165) is 34.8 Å². The highest BCUT2D eigenvalue weighted by Crippen LogP contribution is 2.23. The van der Waals surface area contributed by atoms with Gasteiger partial charge in [-0.25, -0.2) is 0 Å². The molecule has 2 aromatic rings. The Bertz CT molecular complexity index is 607. The van der Waals surface area contributed by atoms with Crippen LogP contribution in [-0.4, -0.2) is 12.5 Å². The number of rotatable bonds is 4. The van der Waals surface area contributed by atoms with Gasteiger partial charge in [-0.15, -0.1) is 0 Å². The van der Waals surface area contributed by atoms with Gasteiger partial charge in [0.2, 0.25) is 5.91 Å². The van der Waals surface area contributed by atoms with Crippen molar-refractivity contribution >= 4 is 33.2 Å². The molecule has 2 heterocycles. The van der Waals surface area contributed by atoms with Crippen molar-refractivity contribution in [2.45, 2.75) is 19.4 Å². The first-order valence-corrected chi connectivity index (χ1v) is 7.40. The van der Waals surface area contributed by atoms with Crippen LogP contribution in [0.25, 0.3) is 0 Å². The van der Waals surface area contributed by atoms with Crippen molar-refractivity contribution in [2.24, 2.45) is 0 Å². The molecule has 1 amide bonds. The van der Waals surface area contributed by atoms with E-state index in [1.165, 1.54) is 0 Å². The van der Waals surface area contributed by atoms with Gasteiger partial charge in [0.25, 0.3) is 0 Å². The Morgan fingerprint density at radius 2 is 2.00 bits per heavy atom. The summed E-state index contributed by atoms with van der Waals surface area (Å²) < 4.78 is 6.16. The van der Waals surface area contributed by atoms with E-state index in [0.29, 0.717) is 13.0 Å². The average Bonchev–Trinajstić information content (AvgIpc) is 3.06. The highest BCUT2D eigenvalue weighted by Gasteiger charge is 2.21. The van der Waals surface area contributed by atoms with Gasteiger partial charge in [0.05, 0.1) is 6.54 Å². The summed E-state index contributed by atoms with van der Waals surface area (Å²) in [6, 6.07) is 11.7. The Morgan fingerprint density at radius 1 is 1.20 bits per heavy atom. The average molecular weight is 335 g/mol. The Kier molecular flexibility index (Phi) is 3.78. The van der Waals surface area contributed by atoms with E-state index >= 15 is 0 Å². The molecule has 0 unspecified atom stereocenters. The van der Waals surface area contributed by atoms with Gasteiger partial charge in [-0.1, -0.05) is 0 Å². The monoisotopic (exact) mass is 334 g/mol. The molecule has 3 rings (SSSR count). The third-order valence-corrected chi connectivity index (χ3v) is 3.77. The number of nitrogens with zero attached hydrogens (tertiary/aromatic N) is 1. The molecule has 0 spiro atoms. The Balaban J connectivity index is 1.62. The molecule has 1 aliphatic rings. The molecule has 1 aliphatic heterocycles. The maximum atomic E-state index is 11.7. The molecule has 1 fully saturated rings. The lowest BCUT2D eigenvalue weighted by Crippen LogP contribution is -2.23. The van der Waals surface area contributed by atoms with Gasteiger partial charge in [0.1, 0.15) is 5.76 Å². The summed E-state index contributed by atoms with van der Waals surface area (Å²) in [5, 5.41) is 3.29. The molecule has 0 radical (unpaired) electrons. The van der Waals surface area contributed by atoms with E-state index in [9.17, 15) is 4.79 Å². The van der Waals surface area contributed by atoms with Gasteiger partial charge in [-0.3, -0.25) is 4.79 Å². The zero-order chi connectivity index (χ0) is 13.9. The number of nitrogens with one attached hydrogen (secondary N) is 1. The van der Waals surface area contributed by atoms with Gasteiger partial charge in [0.15, 0.2) is 4.67 Å². The minimum atomic E-state index is 0.214. The predicted molar refractivity (Wildman–Crippen MR) is 81.8 cm³/mol. The molecule has 0 saturated carbocycles. The summed E-state index contributed by atoms with van der Waals surface area (Å²) in [5.74, 6) is 1.09. The standard InChI is InChI=1S/C15H15BrN2O2/c16-14-8-7-13(20-14)10-17-11-3-5-12(6-4-11)18-9-1-2-15(18)19/h3-8,17H,1-2,9-10H2. The minimum Gasteiger partial charge on any atom is -0.452 e. The second kappa shape index (κ2) is 5.71. The number of anilines is 2. The van der Waals surface area contributed by atoms with Gasteiger partial charge >= 0.3 is 0 Å². The molecule has 0 bridgehead atoms. The van der Waals surface area contributed by atoms with E-state index in [4.69, 9.17) is 4.42 Å². The first-order valence-electron chi connectivity index (χ1n) is 6.61. The molecule has 1 N–H and O–H groups in total. The fourth-order valence-corrected chi connectivity index (χ4v) is 2.66. The van der Waals surface area contributed by atoms with Crippen LogP contribution in [0.5, 0.6) is 0 Å². The van der Waals surface area contributed by atoms with Gasteiger partial charge in [-0.05, 0) is 58.7 Å². The molecule has 1 aromatic carbocycles. The second-order valence-electron chi connectivity index (χ2n) is 4.76. The van der Waals surface area contributed by atoms with Crippen molar-refractivity contribution in [3.05, 3.63) is 46.8 Å². The first-order chi connectivity index (χ1) is 9.72. The summed E-state index contributed by atoms with van der Waals surface area (Å²) in [6.07, 6.45) is 1.61. The molecule has 1 saturated heterocycles. The molecule has 5 heteroatoms. The normalized spacial score (nSPS) is 14.8. The van der Waals surface area contributed by atoms with Crippen LogP contribution >= 0.6 is 15.9 Å². The van der Waals surface area contributed by atoms with Crippen molar-refractivity contribution < 1.29 is 9.21 Å². The summed E-state index contributed by atoms with van der Waals surface area (Å²) >= 11 is 3.28. The molecular formula is C15H15BrN2O2. The Labute approximate surface area is 125 Å². The number of hydrogen-bond donors (Lipinski definition) is 1. The molecule has 20 heavy (non-hydrogen) atoms. The van der Waals surface area contributed by atoms with E-state index in [1.807, 2.05) is 41.3 Å². The van der Waals surface area contributed by atoms with Crippen molar-refractivity contribution in [1.82, 2.24) is 0 Å². The number of carbonyl (C=O) groups is 1. The number of carbonyl (C=O) groups excluding carboxylic acids is 1. The van der Waals surface area contributed by atoms with Crippen molar-refractivity contribution in [3.63, 3.8) is 0 Å². The van der Waals surface area contributed by atoms with E-state index in [2.05, 4.69) is 21.2 Å². The minimum absolute atomic E-state index is 0.214. The number of furan rings is 1. The zero-order valence-corrected chi connectivity index (χ0v) is 12.5. The maximum absolute atomic E-state index is 11.7. The Morgan fingerprint density at radius 3 is 2.60 bits per heavy atom. The van der Waals surface area contributed by atoms with E-state index < -0.39 is 0 Å². The van der Waals surface area contributed by atoms with Crippen molar-refractivity contribution in [1.29, 1.82) is 0 Å². The number of halogens is 1. The lowest BCUT2D eigenvalue weighted by Gasteiger charge is -2.16. The summed E-state index contributed by atoms with van der Waals surface area (Å²) in [5.41, 5.74) is 1.98. The van der Waals surface area contributed by atoms with Gasteiger partial charge < -0.3 is 14.6 Å². The zero-order valence-electron chi connectivity index (χ0n) is 10.9. The van der Waals surface area contributed by atoms with Gasteiger partial charge in [0, 0.05) is 24.3 Å². The topological polar surface area (TPSA) is 45.5 Å². The predicted octanol–water partition coefficient (Wildman–Crippen LogP) is 3.78. The molecule has 0 aliphatic carbocycles. The molecular weight excluding hydrogens is 320 g/mol. The van der Waals surface area contributed by atoms with Crippen LogP contribution in [-0.2, 0) is 11.3 Å². The fraction of sp³-hybridized carbons (Fsp3) is 0.267. The van der Waals surface area contributed by atoms with Crippen LogP contribution in [0.2, 0.25) is 0 Å². The van der Waals surface area contributed by atoms with Crippen molar-refractivity contribution in [2.75, 3.05) is 16.8 Å². The van der Waals surface area contributed by atoms with Crippen LogP contribution < -0.4 is 10.2 Å². The third kappa shape index (κ3) is 2.88. The highest BCUT2D eigenvalue weighted by atomic mass is 79.9. The SMILES string of the molecule is O=C1CCCN1c1ccc(NCc2ccc(Br)o2)cc1. The number of benzene rings is 1. The first kappa shape index (κ1) is 13.2. The Hall–Kier alpha value is -1.75. The van der Waals surface area contributed by atoms with Gasteiger partial charge in [-0.2, -0.15) is 0 Å². The third-order valence-electron chi connectivity index (χ3n) is 3.35. The molecule has 1 aromatic heterocycles. The van der Waals surface area contributed by atoms with Crippen LogP contribution in [0, 0.1) is 0 Å². The summed E-state index contributed by atoms with van der Waals surface area (Å²) in [6.45, 7) is 1.46. The van der Waals surface area contributed by atoms with Crippen LogP contribution in [0.1, 0.15) is 18.6 Å². The van der Waals surface area contributed by atoms with Crippen LogP contribution in [0.3, 0.4) is 0 Å². The number of amides is 1. The lowest BCUT2D eigenvalue weighted by atomic mass is 10.2. The molecule has 0 atom stereocenters. The molecule has 104 valence electrons. The highest BCUT2D eigenvalue weighted by molar-refractivity contribution is 9.10. The second-order valence-corrected chi connectivity index (χ2v) is 5.54. The van der Waals surface area contributed by atoms with E-state index in [1.54, 1.807) is 0 Å². The summed E-state index contributed by atoms with van der Waals surface area (Å²) in [4.78, 5) is 13.5. The summed E-state index contributed by atoms with van der Waals surface area (Å²) in [7, 11) is 0. The smallest absolute Gasteiger partial charge is 0.227 e. The van der Waals surface area contributed by atoms with E-state index in [-0.39, 0.29) is 5.91 Å². The largest absolute Gasteiger partial charge is 0.452 e. The lowest BCUT2D eigenvalue weighted by molar-refractivity contribution is -0.117. The van der Waals surface area contributed by atoms with Crippen LogP contribution in [0.15, 0.2) is 45.5 Å².